The summed E-state index contributed by atoms with van der Waals surface area (Å²) in [6, 6.07) is 64.8. The molecule has 0 bridgehead atoms. The van der Waals surface area contributed by atoms with Crippen LogP contribution >= 0.6 is 0 Å². The third-order valence-corrected chi connectivity index (χ3v) is 11.6. The Morgan fingerprint density at radius 1 is 0.429 bits per heavy atom. The number of aromatic nitrogens is 4. The molecule has 4 heteroatoms. The van der Waals surface area contributed by atoms with Gasteiger partial charge in [0.2, 0.25) is 0 Å². The van der Waals surface area contributed by atoms with Crippen molar-refractivity contribution in [1.82, 2.24) is 19.5 Å². The number of para-hydroxylation sites is 1. The second-order valence-corrected chi connectivity index (χ2v) is 15.2. The van der Waals surface area contributed by atoms with Crippen molar-refractivity contribution in [3.05, 3.63) is 193 Å². The van der Waals surface area contributed by atoms with E-state index < -0.39 is 0 Å². The first-order chi connectivity index (χ1) is 27.5. The fraction of sp³-hybridized carbons (Fsp3) is 0.0577. The highest BCUT2D eigenvalue weighted by atomic mass is 15.0. The van der Waals surface area contributed by atoms with E-state index in [1.807, 2.05) is 36.4 Å². The zero-order valence-corrected chi connectivity index (χ0v) is 31.1. The lowest BCUT2D eigenvalue weighted by Crippen LogP contribution is -2.15. The molecule has 8 aromatic carbocycles. The minimum absolute atomic E-state index is 0.251. The first-order valence-corrected chi connectivity index (χ1v) is 19.2. The van der Waals surface area contributed by atoms with Crippen LogP contribution in [0.3, 0.4) is 0 Å². The van der Waals surface area contributed by atoms with Crippen LogP contribution in [0.1, 0.15) is 25.0 Å². The maximum absolute atomic E-state index is 5.36. The molecule has 0 fully saturated rings. The molecule has 1 aliphatic carbocycles. The summed E-state index contributed by atoms with van der Waals surface area (Å²) < 4.78 is 2.46. The summed E-state index contributed by atoms with van der Waals surface area (Å²) in [5, 5.41) is 4.81. The van der Waals surface area contributed by atoms with E-state index in [2.05, 4.69) is 164 Å². The van der Waals surface area contributed by atoms with Crippen LogP contribution in [0.4, 0.5) is 0 Å². The second-order valence-electron chi connectivity index (χ2n) is 15.2. The Morgan fingerprint density at radius 2 is 0.982 bits per heavy atom. The van der Waals surface area contributed by atoms with Crippen LogP contribution in [0.15, 0.2) is 182 Å². The van der Waals surface area contributed by atoms with Crippen LogP contribution in [0, 0.1) is 0 Å². The van der Waals surface area contributed by atoms with Gasteiger partial charge in [-0.05, 0) is 68.4 Å². The zero-order chi connectivity index (χ0) is 37.4. The minimum atomic E-state index is -0.251. The third kappa shape index (κ3) is 4.89. The highest BCUT2D eigenvalue weighted by molar-refractivity contribution is 6.21. The summed E-state index contributed by atoms with van der Waals surface area (Å²) in [5.41, 5.74) is 13.4. The Hall–Kier alpha value is -7.17. The van der Waals surface area contributed by atoms with Gasteiger partial charge in [-0.1, -0.05) is 172 Å². The molecule has 0 unspecified atom stereocenters. The van der Waals surface area contributed by atoms with E-state index in [9.17, 15) is 0 Å². The Bertz CT molecular complexity index is 3090. The van der Waals surface area contributed by atoms with E-state index in [1.165, 1.54) is 54.9 Å². The minimum Gasteiger partial charge on any atom is -0.308 e. The molecule has 264 valence electrons. The molecule has 0 saturated heterocycles. The van der Waals surface area contributed by atoms with Gasteiger partial charge in [0.1, 0.15) is 0 Å². The maximum atomic E-state index is 5.36. The van der Waals surface area contributed by atoms with Gasteiger partial charge in [0.25, 0.3) is 0 Å². The van der Waals surface area contributed by atoms with Crippen LogP contribution in [0.2, 0.25) is 0 Å². The van der Waals surface area contributed by atoms with Gasteiger partial charge in [-0.2, -0.15) is 0 Å². The molecule has 4 nitrogen and oxygen atoms in total. The summed E-state index contributed by atoms with van der Waals surface area (Å²) in [6.07, 6.45) is 0. The number of fused-ring (bicyclic) bond motifs is 8. The second kappa shape index (κ2) is 12.4. The number of hydrogen-bond donors (Lipinski definition) is 0. The predicted molar refractivity (Wildman–Crippen MR) is 231 cm³/mol. The van der Waals surface area contributed by atoms with Gasteiger partial charge in [-0.15, -0.1) is 0 Å². The lowest BCUT2D eigenvalue weighted by atomic mass is 9.81. The predicted octanol–water partition coefficient (Wildman–Crippen LogP) is 13.1. The molecule has 1 aliphatic rings. The summed E-state index contributed by atoms with van der Waals surface area (Å²) in [6.45, 7) is 4.69. The molecule has 0 spiro atoms. The Morgan fingerprint density at radius 3 is 1.68 bits per heavy atom. The molecule has 0 atom stereocenters. The van der Waals surface area contributed by atoms with Crippen molar-refractivity contribution in [3.63, 3.8) is 0 Å². The Kier molecular flexibility index (Phi) is 7.17. The van der Waals surface area contributed by atoms with Crippen LogP contribution in [-0.2, 0) is 5.41 Å². The van der Waals surface area contributed by atoms with Gasteiger partial charge in [0, 0.05) is 38.6 Å². The van der Waals surface area contributed by atoms with Crippen LogP contribution in [0.25, 0.3) is 94.7 Å². The molecule has 56 heavy (non-hydrogen) atoms. The molecule has 0 radical (unpaired) electrons. The van der Waals surface area contributed by atoms with E-state index in [0.29, 0.717) is 17.5 Å². The fourth-order valence-electron chi connectivity index (χ4n) is 8.98. The highest BCUT2D eigenvalue weighted by Crippen LogP contribution is 2.55. The molecular formula is C52H36N4. The zero-order valence-electron chi connectivity index (χ0n) is 31.1. The van der Waals surface area contributed by atoms with E-state index in [4.69, 9.17) is 15.0 Å². The van der Waals surface area contributed by atoms with E-state index in [-0.39, 0.29) is 5.41 Å². The van der Waals surface area contributed by atoms with Crippen LogP contribution < -0.4 is 0 Å². The Balaban J connectivity index is 1.32. The fourth-order valence-corrected chi connectivity index (χ4v) is 8.98. The SMILES string of the molecule is CC1(C)c2ccccc2-c2c1cc(-c1nc(-c3ccccc3)nc(-c3ccccc3)n1)c1c2c2ccccc2n1-c1cc(-c2ccccc2)c2ccccc2c1. The van der Waals surface area contributed by atoms with Crippen molar-refractivity contribution < 1.29 is 0 Å². The van der Waals surface area contributed by atoms with E-state index in [1.54, 1.807) is 0 Å². The molecule has 0 N–H and O–H groups in total. The lowest BCUT2D eigenvalue weighted by molar-refractivity contribution is 0.661. The van der Waals surface area contributed by atoms with Gasteiger partial charge < -0.3 is 4.57 Å². The average Bonchev–Trinajstić information content (AvgIpc) is 3.72. The molecule has 0 aliphatic heterocycles. The monoisotopic (exact) mass is 716 g/mol. The summed E-state index contributed by atoms with van der Waals surface area (Å²) >= 11 is 0. The molecule has 0 amide bonds. The highest BCUT2D eigenvalue weighted by Gasteiger charge is 2.39. The van der Waals surface area contributed by atoms with Crippen molar-refractivity contribution in [3.8, 4) is 62.1 Å². The smallest absolute Gasteiger partial charge is 0.166 e. The molecule has 10 aromatic rings. The van der Waals surface area contributed by atoms with Crippen molar-refractivity contribution in [1.29, 1.82) is 0 Å². The van der Waals surface area contributed by atoms with Gasteiger partial charge >= 0.3 is 0 Å². The van der Waals surface area contributed by atoms with E-state index >= 15 is 0 Å². The molecule has 0 saturated carbocycles. The van der Waals surface area contributed by atoms with Crippen molar-refractivity contribution >= 4 is 32.6 Å². The number of hydrogen-bond acceptors (Lipinski definition) is 3. The Labute approximate surface area is 325 Å². The molecular weight excluding hydrogens is 681 g/mol. The van der Waals surface area contributed by atoms with Gasteiger partial charge in [-0.25, -0.2) is 15.0 Å². The number of benzene rings is 8. The van der Waals surface area contributed by atoms with Gasteiger partial charge in [-0.3, -0.25) is 0 Å². The molecule has 2 heterocycles. The standard InChI is InChI=1S/C52H36N4/c1-52(2)43-28-16-14-26-39(43)46-44(52)32-42(51-54-49(34-20-8-4-9-21-34)53-50(55-51)35-22-10-5-11-23-35)48-47(46)40-27-15-17-29-45(40)56(48)37-30-36-24-12-13-25-38(36)41(31-37)33-18-6-3-7-19-33/h3-32H,1-2H3. The van der Waals surface area contributed by atoms with Crippen molar-refractivity contribution in [2.24, 2.45) is 0 Å². The van der Waals surface area contributed by atoms with E-state index in [0.717, 1.165) is 33.4 Å². The topological polar surface area (TPSA) is 43.6 Å². The summed E-state index contributed by atoms with van der Waals surface area (Å²) in [7, 11) is 0. The normalized spacial score (nSPS) is 13.0. The van der Waals surface area contributed by atoms with Crippen molar-refractivity contribution in [2.45, 2.75) is 19.3 Å². The summed E-state index contributed by atoms with van der Waals surface area (Å²) in [5.74, 6) is 1.93. The third-order valence-electron chi connectivity index (χ3n) is 11.6. The summed E-state index contributed by atoms with van der Waals surface area (Å²) in [4.78, 5) is 15.8. The largest absolute Gasteiger partial charge is 0.308 e. The van der Waals surface area contributed by atoms with Gasteiger partial charge in [0.15, 0.2) is 17.5 Å². The van der Waals surface area contributed by atoms with Crippen molar-refractivity contribution in [2.75, 3.05) is 0 Å². The van der Waals surface area contributed by atoms with Crippen LogP contribution in [-0.4, -0.2) is 19.5 Å². The maximum Gasteiger partial charge on any atom is 0.166 e. The lowest BCUT2D eigenvalue weighted by Gasteiger charge is -2.23. The number of nitrogens with zero attached hydrogens (tertiary/aromatic N) is 4. The molecule has 11 rings (SSSR count). The quantitative estimate of drug-likeness (QED) is 0.178. The average molecular weight is 717 g/mol. The van der Waals surface area contributed by atoms with Crippen LogP contribution in [0.5, 0.6) is 0 Å². The first kappa shape index (κ1) is 32.3. The first-order valence-electron chi connectivity index (χ1n) is 19.2. The van der Waals surface area contributed by atoms with Gasteiger partial charge in [0.05, 0.1) is 11.0 Å². The number of rotatable bonds is 5. The molecule has 2 aromatic heterocycles.